The molecule has 0 aromatic carbocycles. The van der Waals surface area contributed by atoms with E-state index in [9.17, 15) is 9.59 Å². The lowest BCUT2D eigenvalue weighted by Crippen LogP contribution is -1.97. The minimum atomic E-state index is -0.0810. The second-order valence-corrected chi connectivity index (χ2v) is 1.52. The fraction of sp³-hybridized carbons (Fsp3) is 0.500. The van der Waals surface area contributed by atoms with Crippen molar-refractivity contribution in [2.45, 2.75) is 19.8 Å². The minimum absolute atomic E-state index is 0.0810. The maximum absolute atomic E-state index is 10.4. The number of Topliss-reactive ketones (excluding diaryl/α,β-unsaturated/α-hetero) is 1. The van der Waals surface area contributed by atoms with Crippen molar-refractivity contribution in [3.8, 4) is 0 Å². The fourth-order valence-electron chi connectivity index (χ4n) is 0.406. The molecule has 0 aromatic heterocycles. The molecule has 1 radical (unpaired) electrons. The molecule has 0 aliphatic rings. The van der Waals surface area contributed by atoms with Crippen LogP contribution < -0.4 is 0 Å². The van der Waals surface area contributed by atoms with Crippen LogP contribution in [0.25, 0.3) is 0 Å². The van der Waals surface area contributed by atoms with Crippen LogP contribution in [0.5, 0.6) is 0 Å². The Hall–Kier alpha value is -0.660. The van der Waals surface area contributed by atoms with E-state index in [-0.39, 0.29) is 5.78 Å². The van der Waals surface area contributed by atoms with Crippen molar-refractivity contribution >= 4 is 12.1 Å². The van der Waals surface area contributed by atoms with Crippen LogP contribution in [0.2, 0.25) is 0 Å². The monoisotopic (exact) mass is 113 g/mol. The Morgan fingerprint density at radius 2 is 2.25 bits per heavy atom. The second kappa shape index (κ2) is 4.50. The number of rotatable bonds is 4. The Morgan fingerprint density at radius 3 is 2.62 bits per heavy atom. The Labute approximate surface area is 48.9 Å². The molecule has 0 spiro atoms. The predicted octanol–water partition coefficient (Wildman–Crippen LogP) is 0.759. The highest BCUT2D eigenvalue weighted by Gasteiger charge is 1.96. The van der Waals surface area contributed by atoms with Gasteiger partial charge in [0.1, 0.15) is 12.1 Å². The summed E-state index contributed by atoms with van der Waals surface area (Å²) in [5.41, 5.74) is 0. The van der Waals surface area contributed by atoms with E-state index in [2.05, 4.69) is 0 Å². The molecule has 0 saturated carbocycles. The van der Waals surface area contributed by atoms with Crippen LogP contribution >= 0.6 is 0 Å². The lowest BCUT2D eigenvalue weighted by Gasteiger charge is -1.86. The molecule has 0 bridgehead atoms. The van der Waals surface area contributed by atoms with Crippen molar-refractivity contribution in [3.05, 3.63) is 6.42 Å². The Morgan fingerprint density at radius 1 is 1.62 bits per heavy atom. The lowest BCUT2D eigenvalue weighted by molar-refractivity contribution is -0.118. The molecule has 0 aliphatic carbocycles. The highest BCUT2D eigenvalue weighted by atomic mass is 16.1. The molecule has 2 nitrogen and oxygen atoms in total. The first kappa shape index (κ1) is 7.34. The molecule has 0 rings (SSSR count). The van der Waals surface area contributed by atoms with Crippen LogP contribution in [0, 0.1) is 6.42 Å². The Balaban J connectivity index is 3.18. The number of aldehydes is 1. The van der Waals surface area contributed by atoms with Gasteiger partial charge in [0.25, 0.3) is 0 Å². The fourth-order valence-corrected chi connectivity index (χ4v) is 0.406. The van der Waals surface area contributed by atoms with E-state index >= 15 is 0 Å². The van der Waals surface area contributed by atoms with Gasteiger partial charge < -0.3 is 4.79 Å². The molecular weight excluding hydrogens is 104 g/mol. The molecule has 0 fully saturated rings. The quantitative estimate of drug-likeness (QED) is 0.398. The number of carbonyl (C=O) groups is 2. The molecule has 45 valence electrons. The zero-order chi connectivity index (χ0) is 6.41. The van der Waals surface area contributed by atoms with Crippen LogP contribution in [-0.2, 0) is 9.59 Å². The molecule has 2 heteroatoms. The van der Waals surface area contributed by atoms with Crippen molar-refractivity contribution in [1.82, 2.24) is 0 Å². The van der Waals surface area contributed by atoms with Gasteiger partial charge in [0.15, 0.2) is 0 Å². The third-order valence-electron chi connectivity index (χ3n) is 0.750. The summed E-state index contributed by atoms with van der Waals surface area (Å²) in [5, 5.41) is 0. The Kier molecular flexibility index (Phi) is 4.13. The minimum Gasteiger partial charge on any atom is -0.303 e. The summed E-state index contributed by atoms with van der Waals surface area (Å²) in [5.74, 6) is -0.0810. The summed E-state index contributed by atoms with van der Waals surface area (Å²) in [6.45, 7) is 1.90. The zero-order valence-corrected chi connectivity index (χ0v) is 4.89. The smallest absolute Gasteiger partial charge is 0.144 e. The van der Waals surface area contributed by atoms with E-state index in [1.54, 1.807) is 0 Å². The molecule has 0 heterocycles. The normalized spacial score (nSPS) is 8.62. The van der Waals surface area contributed by atoms with Gasteiger partial charge in [-0.15, -0.1) is 0 Å². The average molecular weight is 113 g/mol. The van der Waals surface area contributed by atoms with E-state index in [0.717, 1.165) is 12.8 Å². The number of hydrogen-bond acceptors (Lipinski definition) is 2. The third kappa shape index (κ3) is 3.53. The molecule has 0 aliphatic heterocycles. The number of carbonyl (C=O) groups excluding carboxylic acids is 2. The first-order chi connectivity index (χ1) is 3.81. The maximum Gasteiger partial charge on any atom is 0.144 e. The predicted molar refractivity (Wildman–Crippen MR) is 30.3 cm³/mol. The summed E-state index contributed by atoms with van der Waals surface area (Å²) < 4.78 is 0. The van der Waals surface area contributed by atoms with E-state index < -0.39 is 0 Å². The topological polar surface area (TPSA) is 34.1 Å². The summed E-state index contributed by atoms with van der Waals surface area (Å²) in [6.07, 6.45) is 2.88. The molecule has 0 atom stereocenters. The zero-order valence-electron chi connectivity index (χ0n) is 4.89. The van der Waals surface area contributed by atoms with Gasteiger partial charge in [-0.1, -0.05) is 6.92 Å². The van der Waals surface area contributed by atoms with Gasteiger partial charge in [0.05, 0.1) is 6.42 Å². The molecule has 0 unspecified atom stereocenters. The van der Waals surface area contributed by atoms with Crippen LogP contribution in [0.3, 0.4) is 0 Å². The molecule has 0 amide bonds. The summed E-state index contributed by atoms with van der Waals surface area (Å²) >= 11 is 0. The van der Waals surface area contributed by atoms with Gasteiger partial charge >= 0.3 is 0 Å². The maximum atomic E-state index is 10.4. The van der Waals surface area contributed by atoms with Crippen molar-refractivity contribution in [3.63, 3.8) is 0 Å². The van der Waals surface area contributed by atoms with Gasteiger partial charge in [-0.25, -0.2) is 0 Å². The lowest BCUT2D eigenvalue weighted by atomic mass is 10.2. The van der Waals surface area contributed by atoms with Gasteiger partial charge in [-0.05, 0) is 6.42 Å². The van der Waals surface area contributed by atoms with E-state index in [1.165, 1.54) is 0 Å². The standard InChI is InChI=1S/C6H9O2/c1-2-3-6(8)4-5-7/h4-5H,2-3H2,1H3. The van der Waals surface area contributed by atoms with Crippen molar-refractivity contribution in [2.75, 3.05) is 0 Å². The van der Waals surface area contributed by atoms with Crippen molar-refractivity contribution in [1.29, 1.82) is 0 Å². The van der Waals surface area contributed by atoms with E-state index in [4.69, 9.17) is 0 Å². The van der Waals surface area contributed by atoms with Crippen LogP contribution in [0.1, 0.15) is 19.8 Å². The average Bonchev–Trinajstić information content (AvgIpc) is 1.68. The largest absolute Gasteiger partial charge is 0.303 e. The first-order valence-corrected chi connectivity index (χ1v) is 2.62. The van der Waals surface area contributed by atoms with Gasteiger partial charge in [-0.2, -0.15) is 0 Å². The second-order valence-electron chi connectivity index (χ2n) is 1.52. The molecule has 0 saturated heterocycles. The molecular formula is C6H9O2. The summed E-state index contributed by atoms with van der Waals surface area (Å²) in [7, 11) is 0. The van der Waals surface area contributed by atoms with Crippen LogP contribution in [0.4, 0.5) is 0 Å². The highest BCUT2D eigenvalue weighted by Crippen LogP contribution is 1.89. The Bertz CT molecular complexity index is 86.5. The highest BCUT2D eigenvalue weighted by molar-refractivity contribution is 6.01. The number of hydrogen-bond donors (Lipinski definition) is 0. The van der Waals surface area contributed by atoms with E-state index in [1.807, 2.05) is 6.92 Å². The summed E-state index contributed by atoms with van der Waals surface area (Å²) in [6, 6.07) is 0. The van der Waals surface area contributed by atoms with Crippen LogP contribution in [0.15, 0.2) is 0 Å². The SMILES string of the molecule is CCCC(=O)[CH]C=O. The number of ketones is 1. The van der Waals surface area contributed by atoms with Crippen molar-refractivity contribution < 1.29 is 9.59 Å². The van der Waals surface area contributed by atoms with Gasteiger partial charge in [0, 0.05) is 6.42 Å². The van der Waals surface area contributed by atoms with Crippen molar-refractivity contribution in [2.24, 2.45) is 0 Å². The van der Waals surface area contributed by atoms with Gasteiger partial charge in [-0.3, -0.25) is 4.79 Å². The van der Waals surface area contributed by atoms with Crippen LogP contribution in [-0.4, -0.2) is 12.1 Å². The first-order valence-electron chi connectivity index (χ1n) is 2.62. The molecule has 0 N–H and O–H groups in total. The molecule has 8 heavy (non-hydrogen) atoms. The van der Waals surface area contributed by atoms with Gasteiger partial charge in [0.2, 0.25) is 0 Å². The van der Waals surface area contributed by atoms with E-state index in [0.29, 0.717) is 12.7 Å². The molecule has 0 aromatic rings. The summed E-state index contributed by atoms with van der Waals surface area (Å²) in [4.78, 5) is 20.0. The third-order valence-corrected chi connectivity index (χ3v) is 0.750.